The van der Waals surface area contributed by atoms with Crippen LogP contribution in [0, 0.1) is 12.8 Å². The highest BCUT2D eigenvalue weighted by Crippen LogP contribution is 2.17. The number of nitrogens with one attached hydrogen (secondary N) is 2. The second-order valence-corrected chi connectivity index (χ2v) is 7.78. The molecule has 5 nitrogen and oxygen atoms in total. The maximum absolute atomic E-state index is 12.3. The van der Waals surface area contributed by atoms with Crippen molar-refractivity contribution in [2.75, 3.05) is 11.3 Å². The van der Waals surface area contributed by atoms with Gasteiger partial charge in [-0.05, 0) is 49.2 Å². The van der Waals surface area contributed by atoms with E-state index in [1.807, 2.05) is 20.8 Å². The first-order valence-corrected chi connectivity index (χ1v) is 9.24. The molecule has 0 radical (unpaired) electrons. The minimum atomic E-state index is -3.64. The fraction of sp³-hybridized carbons (Fsp3) is 0.278. The standard InChI is InChI=1S/C18H22N2O3S/c1-13(2)12-19-18(21)15-6-8-16(9-7-15)20-24(22,23)17-10-4-14(3)5-11-17/h4-11,13,20H,12H2,1-3H3,(H,19,21). The van der Waals surface area contributed by atoms with Crippen molar-refractivity contribution in [3.8, 4) is 0 Å². The first kappa shape index (κ1) is 18.0. The molecule has 2 rings (SSSR count). The number of rotatable bonds is 6. The molecule has 0 aliphatic rings. The first-order valence-electron chi connectivity index (χ1n) is 7.75. The highest BCUT2D eigenvalue weighted by Gasteiger charge is 2.14. The van der Waals surface area contributed by atoms with Crippen LogP contribution < -0.4 is 10.0 Å². The summed E-state index contributed by atoms with van der Waals surface area (Å²) >= 11 is 0. The van der Waals surface area contributed by atoms with Crippen molar-refractivity contribution < 1.29 is 13.2 Å². The molecule has 0 aromatic heterocycles. The van der Waals surface area contributed by atoms with Gasteiger partial charge in [0.15, 0.2) is 0 Å². The molecule has 2 aromatic rings. The zero-order chi connectivity index (χ0) is 17.7. The Labute approximate surface area is 143 Å². The Kier molecular flexibility index (Phi) is 5.62. The van der Waals surface area contributed by atoms with Crippen molar-refractivity contribution >= 4 is 21.6 Å². The van der Waals surface area contributed by atoms with E-state index in [9.17, 15) is 13.2 Å². The molecular weight excluding hydrogens is 324 g/mol. The lowest BCUT2D eigenvalue weighted by Gasteiger charge is -2.10. The second-order valence-electron chi connectivity index (χ2n) is 6.10. The molecule has 1 amide bonds. The molecule has 0 atom stereocenters. The monoisotopic (exact) mass is 346 g/mol. The molecule has 0 saturated carbocycles. The molecule has 0 fully saturated rings. The topological polar surface area (TPSA) is 75.3 Å². The van der Waals surface area contributed by atoms with Gasteiger partial charge in [-0.25, -0.2) is 8.42 Å². The van der Waals surface area contributed by atoms with E-state index in [-0.39, 0.29) is 10.8 Å². The molecule has 0 aliphatic heterocycles. The molecule has 2 aromatic carbocycles. The van der Waals surface area contributed by atoms with E-state index in [0.717, 1.165) is 5.56 Å². The molecule has 0 heterocycles. The van der Waals surface area contributed by atoms with Crippen molar-refractivity contribution in [1.82, 2.24) is 5.32 Å². The maximum Gasteiger partial charge on any atom is 0.261 e. The molecule has 0 bridgehead atoms. The van der Waals surface area contributed by atoms with Gasteiger partial charge in [0.25, 0.3) is 15.9 Å². The van der Waals surface area contributed by atoms with Crippen LogP contribution in [0.4, 0.5) is 5.69 Å². The Morgan fingerprint density at radius 1 is 1.00 bits per heavy atom. The Morgan fingerprint density at radius 3 is 2.12 bits per heavy atom. The summed E-state index contributed by atoms with van der Waals surface area (Å²) in [6.45, 7) is 6.53. The van der Waals surface area contributed by atoms with E-state index < -0.39 is 10.0 Å². The lowest BCUT2D eigenvalue weighted by atomic mass is 10.2. The van der Waals surface area contributed by atoms with Gasteiger partial charge in [0.05, 0.1) is 4.90 Å². The first-order chi connectivity index (χ1) is 11.3. The number of sulfonamides is 1. The fourth-order valence-corrected chi connectivity index (χ4v) is 3.08. The van der Waals surface area contributed by atoms with E-state index in [1.54, 1.807) is 48.5 Å². The molecule has 6 heteroatoms. The zero-order valence-electron chi connectivity index (χ0n) is 14.0. The van der Waals surface area contributed by atoms with E-state index in [1.165, 1.54) is 0 Å². The highest BCUT2D eigenvalue weighted by molar-refractivity contribution is 7.92. The average molecular weight is 346 g/mol. The highest BCUT2D eigenvalue weighted by atomic mass is 32.2. The minimum absolute atomic E-state index is 0.170. The average Bonchev–Trinajstić information content (AvgIpc) is 2.53. The van der Waals surface area contributed by atoms with Gasteiger partial charge >= 0.3 is 0 Å². The van der Waals surface area contributed by atoms with Crippen LogP contribution in [0.1, 0.15) is 29.8 Å². The van der Waals surface area contributed by atoms with Crippen molar-refractivity contribution in [3.05, 3.63) is 59.7 Å². The summed E-state index contributed by atoms with van der Waals surface area (Å²) in [5, 5.41) is 2.82. The predicted octanol–water partition coefficient (Wildman–Crippen LogP) is 3.18. The van der Waals surface area contributed by atoms with Gasteiger partial charge in [0, 0.05) is 17.8 Å². The molecule has 2 N–H and O–H groups in total. The van der Waals surface area contributed by atoms with Crippen molar-refractivity contribution in [1.29, 1.82) is 0 Å². The summed E-state index contributed by atoms with van der Waals surface area (Å²) in [5.74, 6) is 0.200. The number of amides is 1. The molecule has 0 saturated heterocycles. The van der Waals surface area contributed by atoms with Gasteiger partial charge in [-0.3, -0.25) is 9.52 Å². The van der Waals surface area contributed by atoms with Crippen LogP contribution in [-0.2, 0) is 10.0 Å². The summed E-state index contributed by atoms with van der Waals surface area (Å²) in [7, 11) is -3.64. The summed E-state index contributed by atoms with van der Waals surface area (Å²) < 4.78 is 27.1. The second kappa shape index (κ2) is 7.49. The smallest absolute Gasteiger partial charge is 0.261 e. The van der Waals surface area contributed by atoms with Crippen LogP contribution in [-0.4, -0.2) is 20.9 Å². The zero-order valence-corrected chi connectivity index (χ0v) is 14.9. The van der Waals surface area contributed by atoms with E-state index in [4.69, 9.17) is 0 Å². The van der Waals surface area contributed by atoms with Crippen LogP contribution in [0.5, 0.6) is 0 Å². The normalized spacial score (nSPS) is 11.3. The maximum atomic E-state index is 12.3. The van der Waals surface area contributed by atoms with Crippen LogP contribution in [0.15, 0.2) is 53.4 Å². The molecule has 0 aliphatic carbocycles. The number of hydrogen-bond donors (Lipinski definition) is 2. The molecule has 0 spiro atoms. The van der Waals surface area contributed by atoms with E-state index in [2.05, 4.69) is 10.0 Å². The van der Waals surface area contributed by atoms with Crippen LogP contribution in [0.25, 0.3) is 0 Å². The number of carbonyl (C=O) groups is 1. The number of hydrogen-bond acceptors (Lipinski definition) is 3. The third kappa shape index (κ3) is 4.83. The molecule has 0 unspecified atom stereocenters. The molecule has 128 valence electrons. The van der Waals surface area contributed by atoms with Crippen molar-refractivity contribution in [2.45, 2.75) is 25.7 Å². The van der Waals surface area contributed by atoms with Crippen LogP contribution >= 0.6 is 0 Å². The lowest BCUT2D eigenvalue weighted by molar-refractivity contribution is 0.0949. The Bertz CT molecular complexity index is 795. The summed E-state index contributed by atoms with van der Waals surface area (Å²) in [6, 6.07) is 13.0. The predicted molar refractivity (Wildman–Crippen MR) is 95.6 cm³/mol. The van der Waals surface area contributed by atoms with Crippen LogP contribution in [0.3, 0.4) is 0 Å². The molecule has 24 heavy (non-hydrogen) atoms. The third-order valence-electron chi connectivity index (χ3n) is 3.40. The lowest BCUT2D eigenvalue weighted by Crippen LogP contribution is -2.27. The van der Waals surface area contributed by atoms with E-state index >= 15 is 0 Å². The molecular formula is C18H22N2O3S. The summed E-state index contributed by atoms with van der Waals surface area (Å²) in [4.78, 5) is 12.2. The Hall–Kier alpha value is -2.34. The number of carbonyl (C=O) groups excluding carboxylic acids is 1. The van der Waals surface area contributed by atoms with Gasteiger partial charge in [0.2, 0.25) is 0 Å². The van der Waals surface area contributed by atoms with Gasteiger partial charge in [-0.1, -0.05) is 31.5 Å². The van der Waals surface area contributed by atoms with Crippen molar-refractivity contribution in [3.63, 3.8) is 0 Å². The Morgan fingerprint density at radius 2 is 1.58 bits per heavy atom. The number of aryl methyl sites for hydroxylation is 1. The van der Waals surface area contributed by atoms with Gasteiger partial charge in [-0.15, -0.1) is 0 Å². The fourth-order valence-electron chi connectivity index (χ4n) is 2.02. The third-order valence-corrected chi connectivity index (χ3v) is 4.80. The van der Waals surface area contributed by atoms with E-state index in [0.29, 0.717) is 23.7 Å². The van der Waals surface area contributed by atoms with Crippen LogP contribution in [0.2, 0.25) is 0 Å². The minimum Gasteiger partial charge on any atom is -0.352 e. The van der Waals surface area contributed by atoms with Gasteiger partial charge < -0.3 is 5.32 Å². The Balaban J connectivity index is 2.08. The van der Waals surface area contributed by atoms with Gasteiger partial charge in [-0.2, -0.15) is 0 Å². The summed E-state index contributed by atoms with van der Waals surface area (Å²) in [6.07, 6.45) is 0. The SMILES string of the molecule is Cc1ccc(S(=O)(=O)Nc2ccc(C(=O)NCC(C)C)cc2)cc1. The quantitative estimate of drug-likeness (QED) is 0.843. The largest absolute Gasteiger partial charge is 0.352 e. The van der Waals surface area contributed by atoms with Gasteiger partial charge in [0.1, 0.15) is 0 Å². The van der Waals surface area contributed by atoms with Crippen molar-refractivity contribution in [2.24, 2.45) is 5.92 Å². The number of anilines is 1. The number of benzene rings is 2. The summed E-state index contributed by atoms with van der Waals surface area (Å²) in [5.41, 5.74) is 1.90.